The zero-order chi connectivity index (χ0) is 12.3. The molecule has 1 aromatic rings. The second-order valence-electron chi connectivity index (χ2n) is 4.36. The molecule has 17 heavy (non-hydrogen) atoms. The topological polar surface area (TPSA) is 71.5 Å². The van der Waals surface area contributed by atoms with Gasteiger partial charge in [0.1, 0.15) is 5.75 Å². The van der Waals surface area contributed by atoms with Crippen LogP contribution in [0.2, 0.25) is 0 Å². The molecule has 5 heteroatoms. The van der Waals surface area contributed by atoms with Crippen LogP contribution in [0.5, 0.6) is 5.75 Å². The molecule has 2 N–H and O–H groups in total. The monoisotopic (exact) mass is 236 g/mol. The minimum atomic E-state index is -0.239. The van der Waals surface area contributed by atoms with Crippen LogP contribution in [0.15, 0.2) is 18.5 Å². The van der Waals surface area contributed by atoms with E-state index in [1.165, 1.54) is 18.5 Å². The Morgan fingerprint density at radius 3 is 2.88 bits per heavy atom. The number of hydrogen-bond acceptors (Lipinski definition) is 4. The Balaban J connectivity index is 1.93. The van der Waals surface area contributed by atoms with E-state index in [4.69, 9.17) is 4.74 Å². The maximum atomic E-state index is 11.8. The first-order valence-electron chi connectivity index (χ1n) is 5.63. The summed E-state index contributed by atoms with van der Waals surface area (Å²) in [7, 11) is 1.67. The van der Waals surface area contributed by atoms with E-state index in [0.717, 1.165) is 19.3 Å². The van der Waals surface area contributed by atoms with Crippen molar-refractivity contribution in [3.8, 4) is 5.75 Å². The Hall–Kier alpha value is -1.62. The van der Waals surface area contributed by atoms with Gasteiger partial charge in [0.25, 0.3) is 5.91 Å². The Morgan fingerprint density at radius 2 is 2.35 bits per heavy atom. The smallest absolute Gasteiger partial charge is 0.253 e. The zero-order valence-electron chi connectivity index (χ0n) is 9.77. The zero-order valence-corrected chi connectivity index (χ0v) is 9.77. The Labute approximate surface area is 99.8 Å². The molecule has 0 atom stereocenters. The van der Waals surface area contributed by atoms with Gasteiger partial charge >= 0.3 is 0 Å². The van der Waals surface area contributed by atoms with Gasteiger partial charge in [0, 0.05) is 19.9 Å². The van der Waals surface area contributed by atoms with E-state index >= 15 is 0 Å². The highest BCUT2D eigenvalue weighted by Crippen LogP contribution is 2.34. The number of methoxy groups -OCH3 is 1. The fraction of sp³-hybridized carbons (Fsp3) is 0.500. The van der Waals surface area contributed by atoms with E-state index in [1.807, 2.05) is 0 Å². The van der Waals surface area contributed by atoms with E-state index in [-0.39, 0.29) is 17.3 Å². The average Bonchev–Trinajstić information content (AvgIpc) is 2.28. The third kappa shape index (κ3) is 2.55. The largest absolute Gasteiger partial charge is 0.506 e. The number of nitrogens with zero attached hydrogens (tertiary/aromatic N) is 1. The SMILES string of the molecule is COC1(CNC(=O)c2cncc(O)c2)CCC1. The van der Waals surface area contributed by atoms with Gasteiger partial charge in [-0.2, -0.15) is 0 Å². The Morgan fingerprint density at radius 1 is 1.59 bits per heavy atom. The van der Waals surface area contributed by atoms with Crippen molar-refractivity contribution in [3.05, 3.63) is 24.0 Å². The summed E-state index contributed by atoms with van der Waals surface area (Å²) in [6.07, 6.45) is 5.80. The van der Waals surface area contributed by atoms with Gasteiger partial charge in [-0.25, -0.2) is 0 Å². The molecular formula is C12H16N2O3. The second kappa shape index (κ2) is 4.71. The standard InChI is InChI=1S/C12H16N2O3/c1-17-12(3-2-4-12)8-14-11(16)9-5-10(15)7-13-6-9/h5-7,15H,2-4,8H2,1H3,(H,14,16). The van der Waals surface area contributed by atoms with E-state index in [1.54, 1.807) is 7.11 Å². The minimum Gasteiger partial charge on any atom is -0.506 e. The maximum absolute atomic E-state index is 11.8. The lowest BCUT2D eigenvalue weighted by Gasteiger charge is -2.40. The van der Waals surface area contributed by atoms with E-state index in [2.05, 4.69) is 10.3 Å². The van der Waals surface area contributed by atoms with Crippen molar-refractivity contribution in [2.75, 3.05) is 13.7 Å². The van der Waals surface area contributed by atoms with Gasteiger partial charge in [0.2, 0.25) is 0 Å². The molecule has 1 saturated carbocycles. The first-order valence-corrected chi connectivity index (χ1v) is 5.63. The number of nitrogens with one attached hydrogen (secondary N) is 1. The van der Waals surface area contributed by atoms with Crippen LogP contribution in [-0.4, -0.2) is 35.3 Å². The molecular weight excluding hydrogens is 220 g/mol. The van der Waals surface area contributed by atoms with E-state index in [9.17, 15) is 9.90 Å². The summed E-state index contributed by atoms with van der Waals surface area (Å²) >= 11 is 0. The van der Waals surface area contributed by atoms with Crippen LogP contribution in [0.25, 0.3) is 0 Å². The normalized spacial score (nSPS) is 17.2. The number of carbonyl (C=O) groups is 1. The average molecular weight is 236 g/mol. The second-order valence-corrected chi connectivity index (χ2v) is 4.36. The number of aromatic nitrogens is 1. The molecule has 1 amide bonds. The third-order valence-electron chi connectivity index (χ3n) is 3.25. The van der Waals surface area contributed by atoms with Crippen molar-refractivity contribution in [2.24, 2.45) is 0 Å². The lowest BCUT2D eigenvalue weighted by molar-refractivity contribution is -0.0679. The molecule has 92 valence electrons. The van der Waals surface area contributed by atoms with E-state index in [0.29, 0.717) is 12.1 Å². The predicted octanol–water partition coefficient (Wildman–Crippen LogP) is 1.09. The van der Waals surface area contributed by atoms with Crippen LogP contribution in [0, 0.1) is 0 Å². The first-order chi connectivity index (χ1) is 8.15. The number of hydrogen-bond donors (Lipinski definition) is 2. The summed E-state index contributed by atoms with van der Waals surface area (Å²) in [6, 6.07) is 1.39. The summed E-state index contributed by atoms with van der Waals surface area (Å²) < 4.78 is 5.40. The van der Waals surface area contributed by atoms with Gasteiger partial charge in [-0.1, -0.05) is 0 Å². The van der Waals surface area contributed by atoms with Crippen LogP contribution < -0.4 is 5.32 Å². The van der Waals surface area contributed by atoms with E-state index < -0.39 is 0 Å². The highest BCUT2D eigenvalue weighted by molar-refractivity contribution is 5.94. The predicted molar refractivity (Wildman–Crippen MR) is 61.8 cm³/mol. The first kappa shape index (κ1) is 11.9. The molecule has 0 spiro atoms. The van der Waals surface area contributed by atoms with Gasteiger partial charge in [0.05, 0.1) is 17.4 Å². The number of aromatic hydroxyl groups is 1. The summed E-state index contributed by atoms with van der Waals surface area (Å²) in [5.74, 6) is -0.250. The van der Waals surface area contributed by atoms with Crippen LogP contribution in [0.4, 0.5) is 0 Å². The summed E-state index contributed by atoms with van der Waals surface area (Å²) in [5.41, 5.74) is 0.162. The van der Waals surface area contributed by atoms with Gasteiger partial charge in [0.15, 0.2) is 0 Å². The highest BCUT2D eigenvalue weighted by atomic mass is 16.5. The maximum Gasteiger partial charge on any atom is 0.253 e. The molecule has 1 fully saturated rings. The Bertz CT molecular complexity index is 410. The van der Waals surface area contributed by atoms with Crippen molar-refractivity contribution in [2.45, 2.75) is 24.9 Å². The molecule has 5 nitrogen and oxygen atoms in total. The number of ether oxygens (including phenoxy) is 1. The number of carbonyl (C=O) groups excluding carboxylic acids is 1. The molecule has 1 aromatic heterocycles. The Kier molecular flexibility index (Phi) is 3.28. The summed E-state index contributed by atoms with van der Waals surface area (Å²) in [4.78, 5) is 15.5. The quantitative estimate of drug-likeness (QED) is 0.820. The van der Waals surface area contributed by atoms with Crippen molar-refractivity contribution in [1.82, 2.24) is 10.3 Å². The third-order valence-corrected chi connectivity index (χ3v) is 3.25. The van der Waals surface area contributed by atoms with Crippen LogP contribution in [-0.2, 0) is 4.74 Å². The number of rotatable bonds is 4. The minimum absolute atomic E-state index is 0.0113. The molecule has 0 saturated heterocycles. The van der Waals surface area contributed by atoms with Gasteiger partial charge in [-0.15, -0.1) is 0 Å². The van der Waals surface area contributed by atoms with Crippen molar-refractivity contribution in [1.29, 1.82) is 0 Å². The van der Waals surface area contributed by atoms with Crippen LogP contribution in [0.3, 0.4) is 0 Å². The fourth-order valence-corrected chi connectivity index (χ4v) is 1.92. The molecule has 0 aromatic carbocycles. The molecule has 0 radical (unpaired) electrons. The molecule has 0 unspecified atom stereocenters. The fourth-order valence-electron chi connectivity index (χ4n) is 1.92. The lowest BCUT2D eigenvalue weighted by Crippen LogP contribution is -2.49. The molecule has 0 bridgehead atoms. The number of amides is 1. The lowest BCUT2D eigenvalue weighted by atomic mass is 9.80. The van der Waals surface area contributed by atoms with Gasteiger partial charge in [-0.05, 0) is 25.3 Å². The van der Waals surface area contributed by atoms with Crippen molar-refractivity contribution in [3.63, 3.8) is 0 Å². The number of pyridine rings is 1. The molecule has 1 aliphatic rings. The van der Waals surface area contributed by atoms with Crippen LogP contribution >= 0.6 is 0 Å². The summed E-state index contributed by atoms with van der Waals surface area (Å²) in [5, 5.41) is 12.0. The van der Waals surface area contributed by atoms with Gasteiger partial charge in [-0.3, -0.25) is 9.78 Å². The van der Waals surface area contributed by atoms with Crippen molar-refractivity contribution < 1.29 is 14.6 Å². The molecule has 2 rings (SSSR count). The molecule has 0 aliphatic heterocycles. The molecule has 1 aliphatic carbocycles. The summed E-state index contributed by atoms with van der Waals surface area (Å²) in [6.45, 7) is 0.498. The molecule has 1 heterocycles. The highest BCUT2D eigenvalue weighted by Gasteiger charge is 2.37. The van der Waals surface area contributed by atoms with Gasteiger partial charge < -0.3 is 15.2 Å². The van der Waals surface area contributed by atoms with Crippen molar-refractivity contribution >= 4 is 5.91 Å². The van der Waals surface area contributed by atoms with Crippen LogP contribution in [0.1, 0.15) is 29.6 Å².